The fourth-order valence-electron chi connectivity index (χ4n) is 1.60. The van der Waals surface area contributed by atoms with Gasteiger partial charge in [-0.2, -0.15) is 4.39 Å². The first-order valence-corrected chi connectivity index (χ1v) is 5.09. The van der Waals surface area contributed by atoms with Gasteiger partial charge in [-0.1, -0.05) is 48.5 Å². The van der Waals surface area contributed by atoms with Crippen LogP contribution in [0.4, 0.5) is 4.39 Å². The van der Waals surface area contributed by atoms with Gasteiger partial charge >= 0.3 is 6.04 Å². The minimum Gasteiger partial charge on any atom is -0.289 e. The average molecular weight is 228 g/mol. The zero-order valence-electron chi connectivity index (χ0n) is 8.89. The molecule has 0 atom stereocenters. The third-order valence-electron chi connectivity index (χ3n) is 2.42. The molecule has 0 saturated carbocycles. The summed E-state index contributed by atoms with van der Waals surface area (Å²) < 4.78 is 12.8. The van der Waals surface area contributed by atoms with Crippen LogP contribution in [0.25, 0.3) is 0 Å². The fraction of sp³-hybridized carbons (Fsp3) is 0. The van der Waals surface area contributed by atoms with Gasteiger partial charge in [0.1, 0.15) is 0 Å². The molecule has 2 aromatic carbocycles. The summed E-state index contributed by atoms with van der Waals surface area (Å²) in [6.45, 7) is 0. The molecule has 84 valence electrons. The number of hydrogen-bond acceptors (Lipinski definition) is 2. The molecule has 2 aromatic rings. The van der Waals surface area contributed by atoms with Gasteiger partial charge < -0.3 is 0 Å². The van der Waals surface area contributed by atoms with Crippen molar-refractivity contribution in [1.29, 1.82) is 0 Å². The van der Waals surface area contributed by atoms with Crippen LogP contribution < -0.4 is 0 Å². The van der Waals surface area contributed by atoms with Crippen LogP contribution in [0, 0.1) is 0 Å². The van der Waals surface area contributed by atoms with Crippen molar-refractivity contribution >= 4 is 11.8 Å². The highest BCUT2D eigenvalue weighted by atomic mass is 19.1. The van der Waals surface area contributed by atoms with Gasteiger partial charge in [-0.3, -0.25) is 9.59 Å². The quantitative estimate of drug-likeness (QED) is 0.597. The summed E-state index contributed by atoms with van der Waals surface area (Å²) in [6, 6.07) is 12.7. The van der Waals surface area contributed by atoms with Crippen LogP contribution in [0.1, 0.15) is 26.3 Å². The van der Waals surface area contributed by atoms with E-state index in [9.17, 15) is 14.0 Å². The lowest BCUT2D eigenvalue weighted by molar-refractivity contribution is 0.0830. The highest BCUT2D eigenvalue weighted by Gasteiger charge is 2.16. The number of benzene rings is 2. The SMILES string of the molecule is O=C(F)c1ccccc1C(=O)c1ccccc1. The molecule has 0 spiro atoms. The summed E-state index contributed by atoms with van der Waals surface area (Å²) in [5.74, 6) is -0.354. The number of rotatable bonds is 3. The topological polar surface area (TPSA) is 34.1 Å². The summed E-state index contributed by atoms with van der Waals surface area (Å²) in [5, 5.41) is 0. The van der Waals surface area contributed by atoms with Crippen molar-refractivity contribution < 1.29 is 14.0 Å². The predicted octanol–water partition coefficient (Wildman–Crippen LogP) is 3.03. The molecule has 0 heterocycles. The monoisotopic (exact) mass is 228 g/mol. The van der Waals surface area contributed by atoms with E-state index in [1.807, 2.05) is 0 Å². The summed E-state index contributed by atoms with van der Waals surface area (Å²) in [6.07, 6.45) is 0. The van der Waals surface area contributed by atoms with Crippen LogP contribution in [0.3, 0.4) is 0 Å². The molecule has 3 heteroatoms. The molecule has 0 aliphatic rings. The van der Waals surface area contributed by atoms with Crippen molar-refractivity contribution in [2.24, 2.45) is 0 Å². The first-order valence-electron chi connectivity index (χ1n) is 5.09. The predicted molar refractivity (Wildman–Crippen MR) is 61.8 cm³/mol. The van der Waals surface area contributed by atoms with Crippen LogP contribution in [-0.2, 0) is 0 Å². The van der Waals surface area contributed by atoms with E-state index in [1.165, 1.54) is 18.2 Å². The first-order chi connectivity index (χ1) is 8.20. The number of carbonyl (C=O) groups is 2. The molecule has 0 saturated heterocycles. The van der Waals surface area contributed by atoms with Gasteiger partial charge in [-0.15, -0.1) is 0 Å². The second-order valence-electron chi connectivity index (χ2n) is 3.51. The Hall–Kier alpha value is -2.29. The van der Waals surface area contributed by atoms with Crippen molar-refractivity contribution in [3.63, 3.8) is 0 Å². The molecule has 0 unspecified atom stereocenters. The third-order valence-corrected chi connectivity index (χ3v) is 2.42. The molecule has 0 aliphatic heterocycles. The molecule has 2 rings (SSSR count). The molecular formula is C14H9FO2. The maximum absolute atomic E-state index is 12.8. The van der Waals surface area contributed by atoms with Crippen molar-refractivity contribution in [3.8, 4) is 0 Å². The molecule has 0 bridgehead atoms. The Kier molecular flexibility index (Phi) is 3.10. The molecular weight excluding hydrogens is 219 g/mol. The zero-order chi connectivity index (χ0) is 12.3. The van der Waals surface area contributed by atoms with Crippen LogP contribution in [0.15, 0.2) is 54.6 Å². The minimum atomic E-state index is -1.59. The normalized spacial score (nSPS) is 9.94. The highest BCUT2D eigenvalue weighted by Crippen LogP contribution is 2.15. The van der Waals surface area contributed by atoms with Gasteiger partial charge in [0.25, 0.3) is 0 Å². The Morgan fingerprint density at radius 3 is 1.88 bits per heavy atom. The Morgan fingerprint density at radius 2 is 1.29 bits per heavy atom. The second-order valence-corrected chi connectivity index (χ2v) is 3.51. The number of ketones is 1. The van der Waals surface area contributed by atoms with Crippen LogP contribution >= 0.6 is 0 Å². The van der Waals surface area contributed by atoms with Gasteiger partial charge in [0, 0.05) is 11.1 Å². The van der Waals surface area contributed by atoms with E-state index in [-0.39, 0.29) is 16.9 Å². The van der Waals surface area contributed by atoms with E-state index in [4.69, 9.17) is 0 Å². The van der Waals surface area contributed by atoms with E-state index in [0.29, 0.717) is 5.56 Å². The van der Waals surface area contributed by atoms with Gasteiger partial charge in [0.15, 0.2) is 5.78 Å². The summed E-state index contributed by atoms with van der Waals surface area (Å²) in [7, 11) is 0. The van der Waals surface area contributed by atoms with E-state index in [0.717, 1.165) is 0 Å². The lowest BCUT2D eigenvalue weighted by atomic mass is 9.99. The van der Waals surface area contributed by atoms with Crippen molar-refractivity contribution in [2.45, 2.75) is 0 Å². The fourth-order valence-corrected chi connectivity index (χ4v) is 1.60. The van der Waals surface area contributed by atoms with Crippen LogP contribution in [0.2, 0.25) is 0 Å². The molecule has 0 N–H and O–H groups in total. The Balaban J connectivity index is 2.48. The van der Waals surface area contributed by atoms with E-state index >= 15 is 0 Å². The van der Waals surface area contributed by atoms with Gasteiger partial charge in [0.2, 0.25) is 0 Å². The maximum atomic E-state index is 12.8. The van der Waals surface area contributed by atoms with Gasteiger partial charge in [-0.25, -0.2) is 0 Å². The molecule has 0 radical (unpaired) electrons. The van der Waals surface area contributed by atoms with Crippen molar-refractivity contribution in [3.05, 3.63) is 71.3 Å². The van der Waals surface area contributed by atoms with Crippen molar-refractivity contribution in [2.75, 3.05) is 0 Å². The van der Waals surface area contributed by atoms with Crippen LogP contribution in [0.5, 0.6) is 0 Å². The average Bonchev–Trinajstić information content (AvgIpc) is 2.39. The summed E-state index contributed by atoms with van der Waals surface area (Å²) >= 11 is 0. The summed E-state index contributed by atoms with van der Waals surface area (Å²) in [4.78, 5) is 22.8. The number of carbonyl (C=O) groups excluding carboxylic acids is 2. The standard InChI is InChI=1S/C14H9FO2/c15-14(17)12-9-5-4-8-11(12)13(16)10-6-2-1-3-7-10/h1-9H. The molecule has 0 amide bonds. The lowest BCUT2D eigenvalue weighted by Crippen LogP contribution is -2.07. The van der Waals surface area contributed by atoms with E-state index < -0.39 is 6.04 Å². The molecule has 0 aliphatic carbocycles. The van der Waals surface area contributed by atoms with Crippen molar-refractivity contribution in [1.82, 2.24) is 0 Å². The second kappa shape index (κ2) is 4.70. The maximum Gasteiger partial charge on any atom is 0.332 e. The largest absolute Gasteiger partial charge is 0.332 e. The highest BCUT2D eigenvalue weighted by molar-refractivity contribution is 6.14. The number of halogens is 1. The Morgan fingerprint density at radius 1 is 0.765 bits per heavy atom. The van der Waals surface area contributed by atoms with Gasteiger partial charge in [-0.05, 0) is 6.07 Å². The number of hydrogen-bond donors (Lipinski definition) is 0. The smallest absolute Gasteiger partial charge is 0.289 e. The third kappa shape index (κ3) is 2.28. The van der Waals surface area contributed by atoms with Crippen LogP contribution in [-0.4, -0.2) is 11.8 Å². The van der Waals surface area contributed by atoms with Gasteiger partial charge in [0.05, 0.1) is 5.56 Å². The van der Waals surface area contributed by atoms with E-state index in [1.54, 1.807) is 36.4 Å². The van der Waals surface area contributed by atoms with E-state index in [2.05, 4.69) is 0 Å². The summed E-state index contributed by atoms with van der Waals surface area (Å²) in [5.41, 5.74) is 0.328. The molecule has 2 nitrogen and oxygen atoms in total. The first kappa shape index (κ1) is 11.2. The zero-order valence-corrected chi connectivity index (χ0v) is 8.89. The minimum absolute atomic E-state index is 0.0891. The molecule has 0 aromatic heterocycles. The molecule has 0 fully saturated rings. The Bertz CT molecular complexity index is 561. The molecule has 17 heavy (non-hydrogen) atoms. The lowest BCUT2D eigenvalue weighted by Gasteiger charge is -2.04. The Labute approximate surface area is 97.7 Å².